The zero-order chi connectivity index (χ0) is 17.1. The molecule has 6 nitrogen and oxygen atoms in total. The Balaban J connectivity index is 1.91. The first-order valence-corrected chi connectivity index (χ1v) is 8.43. The number of anilines is 1. The summed E-state index contributed by atoms with van der Waals surface area (Å²) >= 11 is 0. The lowest BCUT2D eigenvalue weighted by molar-refractivity contribution is 0.00578. The second kappa shape index (κ2) is 7.15. The summed E-state index contributed by atoms with van der Waals surface area (Å²) < 4.78 is 12.0. The second-order valence-corrected chi connectivity index (χ2v) is 6.88. The van der Waals surface area contributed by atoms with Gasteiger partial charge in [-0.25, -0.2) is 9.97 Å². The van der Waals surface area contributed by atoms with Gasteiger partial charge in [-0.15, -0.1) is 0 Å². The van der Waals surface area contributed by atoms with Gasteiger partial charge in [0, 0.05) is 30.9 Å². The van der Waals surface area contributed by atoms with Gasteiger partial charge in [0.15, 0.2) is 0 Å². The van der Waals surface area contributed by atoms with Gasteiger partial charge in [0.2, 0.25) is 5.95 Å². The van der Waals surface area contributed by atoms with E-state index in [9.17, 15) is 0 Å². The number of hydrogen-bond donors (Lipinski definition) is 1. The molecule has 1 fully saturated rings. The molecule has 2 heterocycles. The first kappa shape index (κ1) is 18.2. The molecule has 0 unspecified atom stereocenters. The zero-order valence-electron chi connectivity index (χ0n) is 15.2. The number of nitrogens with one attached hydrogen (secondary N) is 1. The van der Waals surface area contributed by atoms with Crippen LogP contribution in [0, 0.1) is 0 Å². The van der Waals surface area contributed by atoms with E-state index in [1.165, 1.54) is 0 Å². The van der Waals surface area contributed by atoms with Crippen molar-refractivity contribution < 1.29 is 9.31 Å². The third-order valence-corrected chi connectivity index (χ3v) is 4.80. The van der Waals surface area contributed by atoms with Crippen LogP contribution < -0.4 is 10.8 Å². The summed E-state index contributed by atoms with van der Waals surface area (Å²) in [5.41, 5.74) is 0.148. The van der Waals surface area contributed by atoms with Crippen molar-refractivity contribution in [2.45, 2.75) is 52.7 Å². The van der Waals surface area contributed by atoms with Gasteiger partial charge in [0.05, 0.1) is 11.2 Å². The summed E-state index contributed by atoms with van der Waals surface area (Å²) in [7, 11) is -0.412. The summed E-state index contributed by atoms with van der Waals surface area (Å²) in [6.45, 7) is 16.4. The van der Waals surface area contributed by atoms with Crippen LogP contribution in [0.15, 0.2) is 12.4 Å². The van der Waals surface area contributed by atoms with Crippen LogP contribution in [-0.4, -0.2) is 59.4 Å². The SMILES string of the molecule is CCN(CC)CCNc1ncc(B2OC(C)(C)C(C)(C)O2)cn1. The Kier molecular flexibility index (Phi) is 5.65. The van der Waals surface area contributed by atoms with Gasteiger partial charge in [-0.1, -0.05) is 13.8 Å². The monoisotopic (exact) mass is 320 g/mol. The Bertz CT molecular complexity index is 487. The predicted molar refractivity (Wildman–Crippen MR) is 94.0 cm³/mol. The average Bonchev–Trinajstić information content (AvgIpc) is 2.73. The minimum atomic E-state index is -0.412. The number of aromatic nitrogens is 2. The van der Waals surface area contributed by atoms with Crippen LogP contribution in [0.1, 0.15) is 41.5 Å². The molecule has 0 bridgehead atoms. The van der Waals surface area contributed by atoms with Crippen LogP contribution in [0.3, 0.4) is 0 Å². The highest BCUT2D eigenvalue weighted by Gasteiger charge is 2.51. The molecule has 1 aliphatic rings. The molecule has 1 N–H and O–H groups in total. The maximum absolute atomic E-state index is 6.00. The van der Waals surface area contributed by atoms with Gasteiger partial charge in [-0.2, -0.15) is 0 Å². The maximum atomic E-state index is 6.00. The van der Waals surface area contributed by atoms with Crippen LogP contribution in [-0.2, 0) is 9.31 Å². The molecule has 128 valence electrons. The number of rotatable bonds is 7. The Morgan fingerprint density at radius 2 is 1.57 bits per heavy atom. The third kappa shape index (κ3) is 4.22. The molecule has 0 aliphatic carbocycles. The highest BCUT2D eigenvalue weighted by atomic mass is 16.7. The third-order valence-electron chi connectivity index (χ3n) is 4.80. The Morgan fingerprint density at radius 1 is 1.04 bits per heavy atom. The first-order chi connectivity index (χ1) is 10.8. The van der Waals surface area contributed by atoms with Gasteiger partial charge in [0.25, 0.3) is 0 Å². The molecule has 0 spiro atoms. The van der Waals surface area contributed by atoms with Gasteiger partial charge in [0.1, 0.15) is 0 Å². The second-order valence-electron chi connectivity index (χ2n) is 6.88. The number of hydrogen-bond acceptors (Lipinski definition) is 6. The molecule has 1 saturated heterocycles. The Labute approximate surface area is 140 Å². The van der Waals surface area contributed by atoms with Gasteiger partial charge < -0.3 is 19.5 Å². The van der Waals surface area contributed by atoms with Crippen molar-refractivity contribution in [1.82, 2.24) is 14.9 Å². The molecule has 1 aromatic heterocycles. The van der Waals surface area contributed by atoms with Crippen molar-refractivity contribution in [2.24, 2.45) is 0 Å². The van der Waals surface area contributed by atoms with Gasteiger partial charge in [-0.3, -0.25) is 0 Å². The molecule has 7 heteroatoms. The van der Waals surface area contributed by atoms with E-state index >= 15 is 0 Å². The lowest BCUT2D eigenvalue weighted by Crippen LogP contribution is -2.41. The lowest BCUT2D eigenvalue weighted by Gasteiger charge is -2.32. The lowest BCUT2D eigenvalue weighted by atomic mass is 9.81. The van der Waals surface area contributed by atoms with Gasteiger partial charge in [-0.05, 0) is 40.8 Å². The van der Waals surface area contributed by atoms with Crippen molar-refractivity contribution in [2.75, 3.05) is 31.5 Å². The van der Waals surface area contributed by atoms with Crippen molar-refractivity contribution in [1.29, 1.82) is 0 Å². The van der Waals surface area contributed by atoms with Crippen LogP contribution in [0.5, 0.6) is 0 Å². The van der Waals surface area contributed by atoms with Crippen molar-refractivity contribution >= 4 is 18.5 Å². The summed E-state index contributed by atoms with van der Waals surface area (Å²) in [5, 5.41) is 3.25. The average molecular weight is 320 g/mol. The van der Waals surface area contributed by atoms with E-state index < -0.39 is 7.12 Å². The molecule has 0 aromatic carbocycles. The van der Waals surface area contributed by atoms with E-state index in [1.54, 1.807) is 12.4 Å². The smallest absolute Gasteiger partial charge is 0.399 e. The summed E-state index contributed by atoms with van der Waals surface area (Å²) in [5.74, 6) is 0.637. The van der Waals surface area contributed by atoms with E-state index in [0.29, 0.717) is 5.95 Å². The highest BCUT2D eigenvalue weighted by Crippen LogP contribution is 2.36. The maximum Gasteiger partial charge on any atom is 0.498 e. The molecule has 0 amide bonds. The summed E-state index contributed by atoms with van der Waals surface area (Å²) in [4.78, 5) is 11.1. The highest BCUT2D eigenvalue weighted by molar-refractivity contribution is 6.61. The predicted octanol–water partition coefficient (Wildman–Crippen LogP) is 1.53. The van der Waals surface area contributed by atoms with Crippen molar-refractivity contribution in [3.63, 3.8) is 0 Å². The van der Waals surface area contributed by atoms with E-state index in [1.807, 2.05) is 27.7 Å². The molecule has 0 radical (unpaired) electrons. The van der Waals surface area contributed by atoms with E-state index in [4.69, 9.17) is 9.31 Å². The summed E-state index contributed by atoms with van der Waals surface area (Å²) in [6.07, 6.45) is 3.55. The van der Waals surface area contributed by atoms with Crippen LogP contribution >= 0.6 is 0 Å². The molecule has 2 rings (SSSR count). The fourth-order valence-corrected chi connectivity index (χ4v) is 2.40. The van der Waals surface area contributed by atoms with Crippen molar-refractivity contribution in [3.05, 3.63) is 12.4 Å². The van der Waals surface area contributed by atoms with Crippen LogP contribution in [0.25, 0.3) is 0 Å². The topological polar surface area (TPSA) is 59.5 Å². The van der Waals surface area contributed by atoms with E-state index in [-0.39, 0.29) is 11.2 Å². The van der Waals surface area contributed by atoms with Crippen molar-refractivity contribution in [3.8, 4) is 0 Å². The quantitative estimate of drug-likeness (QED) is 0.769. The molecule has 23 heavy (non-hydrogen) atoms. The zero-order valence-corrected chi connectivity index (χ0v) is 15.2. The van der Waals surface area contributed by atoms with Crippen LogP contribution in [0.2, 0.25) is 0 Å². The molecule has 0 atom stereocenters. The van der Waals surface area contributed by atoms with E-state index in [0.717, 1.165) is 31.6 Å². The molecular formula is C16H29BN4O2. The number of likely N-dealkylation sites (N-methyl/N-ethyl adjacent to an activating group) is 1. The number of nitrogens with zero attached hydrogens (tertiary/aromatic N) is 3. The first-order valence-electron chi connectivity index (χ1n) is 8.43. The Hall–Kier alpha value is -1.18. The molecular weight excluding hydrogens is 291 g/mol. The standard InChI is InChI=1S/C16H29BN4O2/c1-7-21(8-2)10-9-18-14-19-11-13(12-20-14)17-22-15(3,4)16(5,6)23-17/h11-12H,7-10H2,1-6H3,(H,18,19,20). The molecule has 1 aliphatic heterocycles. The summed E-state index contributed by atoms with van der Waals surface area (Å²) in [6, 6.07) is 0. The van der Waals surface area contributed by atoms with Gasteiger partial charge >= 0.3 is 7.12 Å². The van der Waals surface area contributed by atoms with Crippen LogP contribution in [0.4, 0.5) is 5.95 Å². The Morgan fingerprint density at radius 3 is 2.04 bits per heavy atom. The molecule has 0 saturated carbocycles. The fourth-order valence-electron chi connectivity index (χ4n) is 2.40. The largest absolute Gasteiger partial charge is 0.498 e. The molecule has 1 aromatic rings. The minimum Gasteiger partial charge on any atom is -0.399 e. The van der Waals surface area contributed by atoms with E-state index in [2.05, 4.69) is 34.0 Å². The fraction of sp³-hybridized carbons (Fsp3) is 0.750. The minimum absolute atomic E-state index is 0.349. The normalized spacial score (nSPS) is 19.3.